The topological polar surface area (TPSA) is 58.6 Å². The summed E-state index contributed by atoms with van der Waals surface area (Å²) in [5, 5.41) is 2.69. The Kier molecular flexibility index (Phi) is 7.18. The van der Waals surface area contributed by atoms with Crippen molar-refractivity contribution in [3.05, 3.63) is 35.6 Å². The van der Waals surface area contributed by atoms with Crippen LogP contribution in [0.25, 0.3) is 0 Å². The van der Waals surface area contributed by atoms with Crippen molar-refractivity contribution in [2.45, 2.75) is 38.7 Å². The highest BCUT2D eigenvalue weighted by Crippen LogP contribution is 2.14. The van der Waals surface area contributed by atoms with Crippen molar-refractivity contribution in [1.82, 2.24) is 10.2 Å². The largest absolute Gasteiger partial charge is 0.376 e. The summed E-state index contributed by atoms with van der Waals surface area (Å²) in [5.74, 6) is -0.656. The first-order valence-corrected chi connectivity index (χ1v) is 8.53. The summed E-state index contributed by atoms with van der Waals surface area (Å²) in [5.41, 5.74) is 0.384. The smallest absolute Gasteiger partial charge is 0.251 e. The first kappa shape index (κ1) is 18.4. The molecular formula is C18H25FN2O3. The summed E-state index contributed by atoms with van der Waals surface area (Å²) in [6.07, 6.45) is 3.29. The van der Waals surface area contributed by atoms with Crippen LogP contribution in [0, 0.1) is 5.82 Å². The van der Waals surface area contributed by atoms with Crippen LogP contribution in [0.1, 0.15) is 43.0 Å². The quantitative estimate of drug-likeness (QED) is 0.832. The maximum Gasteiger partial charge on any atom is 0.251 e. The second kappa shape index (κ2) is 9.37. The van der Waals surface area contributed by atoms with Gasteiger partial charge in [-0.1, -0.05) is 6.92 Å². The number of hydrogen-bond donors (Lipinski definition) is 1. The molecule has 0 bridgehead atoms. The molecule has 2 amide bonds. The molecule has 6 heteroatoms. The fourth-order valence-electron chi connectivity index (χ4n) is 2.73. The van der Waals surface area contributed by atoms with Gasteiger partial charge in [-0.05, 0) is 43.5 Å². The summed E-state index contributed by atoms with van der Waals surface area (Å²) in [6, 6.07) is 5.33. The third kappa shape index (κ3) is 5.60. The number of nitrogens with zero attached hydrogens (tertiary/aromatic N) is 1. The van der Waals surface area contributed by atoms with Gasteiger partial charge in [-0.3, -0.25) is 9.59 Å². The summed E-state index contributed by atoms with van der Waals surface area (Å²) in [6.45, 7) is 4.43. The first-order chi connectivity index (χ1) is 11.6. The zero-order chi connectivity index (χ0) is 17.4. The van der Waals surface area contributed by atoms with Gasteiger partial charge in [-0.25, -0.2) is 4.39 Å². The average molecular weight is 336 g/mol. The van der Waals surface area contributed by atoms with E-state index in [2.05, 4.69) is 12.2 Å². The van der Waals surface area contributed by atoms with E-state index in [0.29, 0.717) is 12.1 Å². The van der Waals surface area contributed by atoms with Gasteiger partial charge in [0.2, 0.25) is 5.91 Å². The molecule has 0 aliphatic carbocycles. The summed E-state index contributed by atoms with van der Waals surface area (Å²) in [7, 11) is 0. The Morgan fingerprint density at radius 2 is 2.08 bits per heavy atom. The van der Waals surface area contributed by atoms with E-state index in [1.807, 2.05) is 4.90 Å². The SMILES string of the molecule is CCCO[C@@H]1CCCN(C(=O)CCNC(=O)c2ccc(F)cc2)C1. The second-order valence-electron chi connectivity index (χ2n) is 5.99. The average Bonchev–Trinajstić information content (AvgIpc) is 2.60. The van der Waals surface area contributed by atoms with Crippen LogP contribution in [0.15, 0.2) is 24.3 Å². The number of ether oxygens (including phenoxy) is 1. The number of piperidine rings is 1. The highest BCUT2D eigenvalue weighted by molar-refractivity contribution is 5.94. The van der Waals surface area contributed by atoms with Gasteiger partial charge in [0.05, 0.1) is 6.10 Å². The molecule has 1 atom stereocenters. The molecule has 0 saturated carbocycles. The van der Waals surface area contributed by atoms with Crippen LogP contribution in [0.4, 0.5) is 4.39 Å². The monoisotopic (exact) mass is 336 g/mol. The lowest BCUT2D eigenvalue weighted by atomic mass is 10.1. The van der Waals surface area contributed by atoms with Crippen molar-refractivity contribution in [2.75, 3.05) is 26.2 Å². The Bertz CT molecular complexity index is 548. The van der Waals surface area contributed by atoms with Crippen molar-refractivity contribution in [3.63, 3.8) is 0 Å². The molecule has 0 spiro atoms. The molecule has 1 heterocycles. The van der Waals surface area contributed by atoms with E-state index in [1.54, 1.807) is 0 Å². The fraction of sp³-hybridized carbons (Fsp3) is 0.556. The number of benzene rings is 1. The molecule has 0 radical (unpaired) electrons. The van der Waals surface area contributed by atoms with Crippen LogP contribution < -0.4 is 5.32 Å². The van der Waals surface area contributed by atoms with E-state index in [0.717, 1.165) is 32.4 Å². The fourth-order valence-corrected chi connectivity index (χ4v) is 2.73. The van der Waals surface area contributed by atoms with Crippen molar-refractivity contribution >= 4 is 11.8 Å². The van der Waals surface area contributed by atoms with Crippen molar-refractivity contribution in [2.24, 2.45) is 0 Å². The lowest BCUT2D eigenvalue weighted by Crippen LogP contribution is -2.44. The number of carbonyl (C=O) groups is 2. The van der Waals surface area contributed by atoms with E-state index in [-0.39, 0.29) is 36.7 Å². The van der Waals surface area contributed by atoms with Gasteiger partial charge in [-0.2, -0.15) is 0 Å². The predicted octanol–water partition coefficient (Wildman–Crippen LogP) is 2.36. The van der Waals surface area contributed by atoms with Crippen LogP contribution in [0.5, 0.6) is 0 Å². The van der Waals surface area contributed by atoms with Gasteiger partial charge in [0.25, 0.3) is 5.91 Å². The number of likely N-dealkylation sites (tertiary alicyclic amines) is 1. The maximum atomic E-state index is 12.8. The standard InChI is InChI=1S/C18H25FN2O3/c1-2-12-24-16-4-3-11-21(13-16)17(22)9-10-20-18(23)14-5-7-15(19)8-6-14/h5-8,16H,2-4,9-13H2,1H3,(H,20,23)/t16-/m1/s1. The zero-order valence-electron chi connectivity index (χ0n) is 14.1. The molecular weight excluding hydrogens is 311 g/mol. The molecule has 132 valence electrons. The highest BCUT2D eigenvalue weighted by atomic mass is 19.1. The molecule has 0 aromatic heterocycles. The molecule has 1 aliphatic rings. The van der Waals surface area contributed by atoms with Crippen LogP contribution >= 0.6 is 0 Å². The van der Waals surface area contributed by atoms with E-state index < -0.39 is 0 Å². The lowest BCUT2D eigenvalue weighted by Gasteiger charge is -2.32. The summed E-state index contributed by atoms with van der Waals surface area (Å²) in [4.78, 5) is 26.0. The molecule has 0 unspecified atom stereocenters. The van der Waals surface area contributed by atoms with Crippen molar-refractivity contribution in [1.29, 1.82) is 0 Å². The van der Waals surface area contributed by atoms with Crippen LogP contribution in [0.2, 0.25) is 0 Å². The Morgan fingerprint density at radius 1 is 1.33 bits per heavy atom. The minimum Gasteiger partial charge on any atom is -0.376 e. The van der Waals surface area contributed by atoms with Crippen molar-refractivity contribution in [3.8, 4) is 0 Å². The maximum absolute atomic E-state index is 12.8. The highest BCUT2D eigenvalue weighted by Gasteiger charge is 2.23. The van der Waals surface area contributed by atoms with Gasteiger partial charge in [0.15, 0.2) is 0 Å². The molecule has 1 saturated heterocycles. The summed E-state index contributed by atoms with van der Waals surface area (Å²) >= 11 is 0. The normalized spacial score (nSPS) is 17.6. The minimum atomic E-state index is -0.383. The predicted molar refractivity (Wildman–Crippen MR) is 89.2 cm³/mol. The van der Waals surface area contributed by atoms with E-state index in [9.17, 15) is 14.0 Å². The number of carbonyl (C=O) groups excluding carboxylic acids is 2. The van der Waals surface area contributed by atoms with Gasteiger partial charge in [0.1, 0.15) is 5.82 Å². The zero-order valence-corrected chi connectivity index (χ0v) is 14.1. The third-order valence-corrected chi connectivity index (χ3v) is 4.02. The van der Waals surface area contributed by atoms with Crippen molar-refractivity contribution < 1.29 is 18.7 Å². The van der Waals surface area contributed by atoms with E-state index in [1.165, 1.54) is 24.3 Å². The Labute approximate surface area is 142 Å². The minimum absolute atomic E-state index is 0.0270. The number of halogens is 1. The van der Waals surface area contributed by atoms with E-state index >= 15 is 0 Å². The summed E-state index contributed by atoms with van der Waals surface area (Å²) < 4.78 is 18.6. The molecule has 1 N–H and O–H groups in total. The number of hydrogen-bond acceptors (Lipinski definition) is 3. The first-order valence-electron chi connectivity index (χ1n) is 8.53. The van der Waals surface area contributed by atoms with Crippen LogP contribution in [0.3, 0.4) is 0 Å². The number of nitrogens with one attached hydrogen (secondary N) is 1. The third-order valence-electron chi connectivity index (χ3n) is 4.02. The molecule has 5 nitrogen and oxygen atoms in total. The second-order valence-corrected chi connectivity index (χ2v) is 5.99. The Balaban J connectivity index is 1.72. The van der Waals surface area contributed by atoms with Gasteiger partial charge in [-0.15, -0.1) is 0 Å². The lowest BCUT2D eigenvalue weighted by molar-refractivity contribution is -0.135. The molecule has 1 aliphatic heterocycles. The Hall–Kier alpha value is -1.95. The van der Waals surface area contributed by atoms with E-state index in [4.69, 9.17) is 4.74 Å². The molecule has 1 aromatic carbocycles. The number of amides is 2. The molecule has 1 fully saturated rings. The Morgan fingerprint density at radius 3 is 2.79 bits per heavy atom. The molecule has 1 aromatic rings. The van der Waals surface area contributed by atoms with Gasteiger partial charge < -0.3 is 15.0 Å². The van der Waals surface area contributed by atoms with Crippen LogP contribution in [-0.2, 0) is 9.53 Å². The number of rotatable bonds is 7. The van der Waals surface area contributed by atoms with Crippen LogP contribution in [-0.4, -0.2) is 49.1 Å². The molecule has 24 heavy (non-hydrogen) atoms. The van der Waals surface area contributed by atoms with Gasteiger partial charge in [0, 0.05) is 38.2 Å². The molecule has 2 rings (SSSR count). The van der Waals surface area contributed by atoms with Gasteiger partial charge >= 0.3 is 0 Å².